The van der Waals surface area contributed by atoms with Crippen LogP contribution in [0, 0.1) is 10.7 Å². The molecule has 0 bridgehead atoms. The van der Waals surface area contributed by atoms with E-state index in [1.165, 1.54) is 24.1 Å². The molecule has 0 amide bonds. The van der Waals surface area contributed by atoms with Crippen molar-refractivity contribution < 1.29 is 0 Å². The molecule has 1 aliphatic rings. The molecule has 2 aromatic rings. The number of H-pyrrole nitrogens is 1. The fourth-order valence-electron chi connectivity index (χ4n) is 2.40. The Bertz CT molecular complexity index is 549. The van der Waals surface area contributed by atoms with Gasteiger partial charge >= 0.3 is 0 Å². The lowest BCUT2D eigenvalue weighted by molar-refractivity contribution is 0.222. The number of rotatable bonds is 3. The molecule has 0 spiro atoms. The van der Waals surface area contributed by atoms with Crippen LogP contribution in [0.2, 0.25) is 0 Å². The molecule has 90 valence electrons. The lowest BCUT2D eigenvalue weighted by Gasteiger charge is -2.32. The van der Waals surface area contributed by atoms with Gasteiger partial charge in [0.2, 0.25) is 0 Å². The van der Waals surface area contributed by atoms with E-state index in [1.807, 2.05) is 0 Å². The van der Waals surface area contributed by atoms with Crippen LogP contribution in [0.4, 0.5) is 0 Å². The van der Waals surface area contributed by atoms with Crippen LogP contribution in [-0.2, 0) is 0 Å². The highest BCUT2D eigenvalue weighted by atomic mass is 32.1. The van der Waals surface area contributed by atoms with Crippen LogP contribution in [0.1, 0.15) is 32.2 Å². The molecule has 1 fully saturated rings. The third kappa shape index (κ3) is 1.87. The van der Waals surface area contributed by atoms with Crippen LogP contribution < -0.4 is 0 Å². The van der Waals surface area contributed by atoms with E-state index in [4.69, 9.17) is 12.2 Å². The monoisotopic (exact) mass is 265 g/mol. The summed E-state index contributed by atoms with van der Waals surface area (Å²) in [5.74, 6) is 1.75. The number of hydrogen-bond donors (Lipinski definition) is 1. The predicted octanol–water partition coefficient (Wildman–Crippen LogP) is 4.03. The van der Waals surface area contributed by atoms with Gasteiger partial charge in [-0.05, 0) is 49.3 Å². The summed E-state index contributed by atoms with van der Waals surface area (Å²) in [6.07, 6.45) is 3.99. The van der Waals surface area contributed by atoms with Crippen molar-refractivity contribution in [2.75, 3.05) is 0 Å². The largest absolute Gasteiger partial charge is 0.296 e. The molecule has 0 saturated heterocycles. The average molecular weight is 265 g/mol. The van der Waals surface area contributed by atoms with Crippen LogP contribution >= 0.6 is 23.6 Å². The van der Waals surface area contributed by atoms with E-state index in [0.717, 1.165) is 16.5 Å². The van der Waals surface area contributed by atoms with Crippen molar-refractivity contribution >= 4 is 23.6 Å². The first kappa shape index (κ1) is 11.2. The fraction of sp³-hybridized carbons (Fsp3) is 0.500. The fourth-order valence-corrected chi connectivity index (χ4v) is 3.40. The summed E-state index contributed by atoms with van der Waals surface area (Å²) in [5.41, 5.74) is 0. The van der Waals surface area contributed by atoms with E-state index in [0.29, 0.717) is 6.04 Å². The second kappa shape index (κ2) is 4.38. The molecule has 0 aromatic carbocycles. The third-order valence-electron chi connectivity index (χ3n) is 3.69. The van der Waals surface area contributed by atoms with E-state index in [2.05, 4.69) is 39.2 Å². The van der Waals surface area contributed by atoms with Gasteiger partial charge in [0.1, 0.15) is 0 Å². The topological polar surface area (TPSA) is 33.6 Å². The Morgan fingerprint density at radius 1 is 1.59 bits per heavy atom. The molecule has 17 heavy (non-hydrogen) atoms. The molecule has 1 unspecified atom stereocenters. The van der Waals surface area contributed by atoms with Gasteiger partial charge in [-0.1, -0.05) is 12.5 Å². The molecule has 1 N–H and O–H groups in total. The molecule has 5 heteroatoms. The summed E-state index contributed by atoms with van der Waals surface area (Å²) in [5, 5.41) is 9.38. The van der Waals surface area contributed by atoms with Gasteiger partial charge in [-0.25, -0.2) is 0 Å². The van der Waals surface area contributed by atoms with Gasteiger partial charge in [0, 0.05) is 6.04 Å². The summed E-state index contributed by atoms with van der Waals surface area (Å²) in [4.78, 5) is 1.18. The molecule has 3 nitrogen and oxygen atoms in total. The maximum atomic E-state index is 5.36. The molecule has 3 rings (SSSR count). The lowest BCUT2D eigenvalue weighted by Crippen LogP contribution is -2.23. The van der Waals surface area contributed by atoms with Crippen molar-refractivity contribution in [1.82, 2.24) is 14.8 Å². The molecule has 1 atom stereocenters. The van der Waals surface area contributed by atoms with Crippen molar-refractivity contribution in [2.45, 2.75) is 32.2 Å². The van der Waals surface area contributed by atoms with Crippen LogP contribution in [0.25, 0.3) is 10.7 Å². The quantitative estimate of drug-likeness (QED) is 0.850. The minimum atomic E-state index is 0.451. The smallest absolute Gasteiger partial charge is 0.195 e. The predicted molar refractivity (Wildman–Crippen MR) is 72.8 cm³/mol. The lowest BCUT2D eigenvalue weighted by atomic mass is 9.80. The van der Waals surface area contributed by atoms with Crippen LogP contribution in [0.3, 0.4) is 0 Å². The van der Waals surface area contributed by atoms with Gasteiger partial charge in [0.25, 0.3) is 0 Å². The number of aromatic nitrogens is 3. The Morgan fingerprint density at radius 2 is 2.41 bits per heavy atom. The summed E-state index contributed by atoms with van der Waals surface area (Å²) in [6.45, 7) is 2.26. The van der Waals surface area contributed by atoms with E-state index in [-0.39, 0.29) is 0 Å². The van der Waals surface area contributed by atoms with Crippen molar-refractivity contribution in [3.05, 3.63) is 22.3 Å². The minimum absolute atomic E-state index is 0.451. The summed E-state index contributed by atoms with van der Waals surface area (Å²) < 4.78 is 2.93. The maximum Gasteiger partial charge on any atom is 0.195 e. The van der Waals surface area contributed by atoms with Gasteiger partial charge in [-0.15, -0.1) is 11.3 Å². The van der Waals surface area contributed by atoms with Gasteiger partial charge in [-0.3, -0.25) is 9.67 Å². The summed E-state index contributed by atoms with van der Waals surface area (Å²) in [7, 11) is 0. The van der Waals surface area contributed by atoms with Crippen LogP contribution in [0.5, 0.6) is 0 Å². The van der Waals surface area contributed by atoms with E-state index < -0.39 is 0 Å². The number of nitrogens with one attached hydrogen (secondary N) is 1. The summed E-state index contributed by atoms with van der Waals surface area (Å²) >= 11 is 7.07. The zero-order valence-corrected chi connectivity index (χ0v) is 11.4. The van der Waals surface area contributed by atoms with E-state index in [9.17, 15) is 0 Å². The van der Waals surface area contributed by atoms with Gasteiger partial charge in [-0.2, -0.15) is 5.10 Å². The molecule has 0 aliphatic heterocycles. The molecule has 0 radical (unpaired) electrons. The van der Waals surface area contributed by atoms with Crippen LogP contribution in [-0.4, -0.2) is 14.8 Å². The van der Waals surface area contributed by atoms with Crippen LogP contribution in [0.15, 0.2) is 17.5 Å². The second-order valence-electron chi connectivity index (χ2n) is 4.63. The number of nitrogens with zero attached hydrogens (tertiary/aromatic N) is 2. The van der Waals surface area contributed by atoms with Crippen molar-refractivity contribution in [2.24, 2.45) is 5.92 Å². The number of hydrogen-bond acceptors (Lipinski definition) is 3. The first-order valence-electron chi connectivity index (χ1n) is 5.98. The Kier molecular flexibility index (Phi) is 2.88. The number of thiophene rings is 1. The van der Waals surface area contributed by atoms with Crippen molar-refractivity contribution in [3.63, 3.8) is 0 Å². The Hall–Kier alpha value is -0.940. The van der Waals surface area contributed by atoms with E-state index >= 15 is 0 Å². The molecule has 1 saturated carbocycles. The normalized spacial score (nSPS) is 17.9. The van der Waals surface area contributed by atoms with Gasteiger partial charge < -0.3 is 0 Å². The zero-order valence-electron chi connectivity index (χ0n) is 9.72. The van der Waals surface area contributed by atoms with Crippen molar-refractivity contribution in [3.8, 4) is 10.7 Å². The molecular formula is C12H15N3S2. The highest BCUT2D eigenvalue weighted by Gasteiger charge is 2.27. The second-order valence-corrected chi connectivity index (χ2v) is 5.97. The Morgan fingerprint density at radius 3 is 3.00 bits per heavy atom. The molecular weight excluding hydrogens is 250 g/mol. The standard InChI is InChI=1S/C12H15N3S2/c1-8(9-4-2-5-9)15-11(13-14-12(15)16)10-6-3-7-17-10/h3,6-9H,2,4-5H2,1H3,(H,14,16). The Balaban J connectivity index is 2.03. The zero-order chi connectivity index (χ0) is 11.8. The third-order valence-corrected chi connectivity index (χ3v) is 4.84. The van der Waals surface area contributed by atoms with Crippen molar-refractivity contribution in [1.29, 1.82) is 0 Å². The summed E-state index contributed by atoms with van der Waals surface area (Å²) in [6, 6.07) is 4.60. The van der Waals surface area contributed by atoms with E-state index in [1.54, 1.807) is 11.3 Å². The first-order chi connectivity index (χ1) is 8.27. The Labute approximate surface area is 109 Å². The van der Waals surface area contributed by atoms with Gasteiger partial charge in [0.15, 0.2) is 10.6 Å². The molecule has 2 aromatic heterocycles. The minimum Gasteiger partial charge on any atom is -0.296 e. The number of aromatic amines is 1. The molecule has 1 aliphatic carbocycles. The SMILES string of the molecule is CC(C1CCC1)n1c(-c2cccs2)n[nH]c1=S. The van der Waals surface area contributed by atoms with Gasteiger partial charge in [0.05, 0.1) is 4.88 Å². The first-order valence-corrected chi connectivity index (χ1v) is 7.27. The highest BCUT2D eigenvalue weighted by Crippen LogP contribution is 2.38. The molecule has 2 heterocycles. The highest BCUT2D eigenvalue weighted by molar-refractivity contribution is 7.71. The average Bonchev–Trinajstić information content (AvgIpc) is 2.82. The maximum absolute atomic E-state index is 5.36.